The van der Waals surface area contributed by atoms with Gasteiger partial charge in [0.1, 0.15) is 0 Å². The topological polar surface area (TPSA) is 0 Å². The Morgan fingerprint density at radius 3 is 0.760 bits per heavy atom. The van der Waals surface area contributed by atoms with E-state index in [9.17, 15) is 0 Å². The van der Waals surface area contributed by atoms with Crippen molar-refractivity contribution in [2.45, 2.75) is 0 Å². The monoisotopic (exact) mass is 356 g/mol. The van der Waals surface area contributed by atoms with Gasteiger partial charge in [0.25, 0.3) is 0 Å². The smallest absolute Gasteiger partial charge is 0.0623 e. The Kier molecular flexibility index (Phi) is 1.34. The summed E-state index contributed by atoms with van der Waals surface area (Å²) >= 11 is 0. The lowest BCUT2D eigenvalue weighted by Crippen LogP contribution is -2.74. The number of rotatable bonds is 4. The van der Waals surface area contributed by atoms with Crippen LogP contribution in [0.3, 0.4) is 0 Å². The van der Waals surface area contributed by atoms with E-state index in [0.717, 1.165) is 0 Å². The fraction of sp³-hybridized carbons (Fsp3) is 0. The van der Waals surface area contributed by atoms with E-state index in [1.807, 2.05) is 0 Å². The van der Waals surface area contributed by atoms with E-state index in [2.05, 4.69) is 0 Å². The molecule has 4 aromatic rings. The van der Waals surface area contributed by atoms with Crippen LogP contribution in [0.15, 0.2) is 121 Å². The van der Waals surface area contributed by atoms with Crippen molar-refractivity contribution in [1.29, 1.82) is 0 Å². The SMILES string of the molecule is [2H]c1c([2H])c([2H])c([Si](c2c([2H])c([2H])c([2H])c([2H])c2[2H])(c2c([2H])c([2H])c([2H])c([2H])c2[2H])c2c([2H])c([2H])c([2H])c([2H])c2[2H])c([2H])c1[2H]. The summed E-state index contributed by atoms with van der Waals surface area (Å²) in [6.45, 7) is 0. The van der Waals surface area contributed by atoms with Gasteiger partial charge in [-0.25, -0.2) is 0 Å². The van der Waals surface area contributed by atoms with Crippen molar-refractivity contribution in [2.75, 3.05) is 0 Å². The summed E-state index contributed by atoms with van der Waals surface area (Å²) in [5.41, 5.74) is 0. The van der Waals surface area contributed by atoms with E-state index in [-0.39, 0.29) is 0 Å². The molecule has 0 radical (unpaired) electrons. The van der Waals surface area contributed by atoms with E-state index in [4.69, 9.17) is 27.4 Å². The van der Waals surface area contributed by atoms with Gasteiger partial charge in [-0.3, -0.25) is 0 Å². The number of hydrogen-bond donors (Lipinski definition) is 0. The van der Waals surface area contributed by atoms with E-state index < -0.39 is 150 Å². The lowest BCUT2D eigenvalue weighted by Gasteiger charge is -2.34. The third-order valence-corrected chi connectivity index (χ3v) is 7.50. The van der Waals surface area contributed by atoms with Crippen molar-refractivity contribution in [3.63, 3.8) is 0 Å². The fourth-order valence-electron chi connectivity index (χ4n) is 2.50. The van der Waals surface area contributed by atoms with Crippen molar-refractivity contribution in [1.82, 2.24) is 0 Å². The van der Waals surface area contributed by atoms with Crippen molar-refractivity contribution in [3.8, 4) is 0 Å². The molecule has 4 aromatic carbocycles. The molecule has 0 heterocycles. The first kappa shape index (κ1) is 4.84. The molecule has 1 heteroatoms. The molecular formula is C24H20Si. The van der Waals surface area contributed by atoms with Gasteiger partial charge in [0.2, 0.25) is 0 Å². The number of hydrogen-bond acceptors (Lipinski definition) is 0. The molecule has 120 valence electrons. The van der Waals surface area contributed by atoms with Crippen LogP contribution in [0.4, 0.5) is 0 Å². The second-order valence-electron chi connectivity index (χ2n) is 4.75. The van der Waals surface area contributed by atoms with Gasteiger partial charge in [0.05, 0.1) is 27.4 Å². The minimum atomic E-state index is -5.79. The summed E-state index contributed by atoms with van der Waals surface area (Å²) in [6.07, 6.45) is 0. The maximum Gasteiger partial charge on any atom is 0.179 e. The molecule has 0 aliphatic heterocycles. The average Bonchev–Trinajstić information content (AvgIpc) is 3.00. The van der Waals surface area contributed by atoms with Gasteiger partial charge in [-0.1, -0.05) is 121 Å². The summed E-state index contributed by atoms with van der Waals surface area (Å²) in [4.78, 5) is 0. The molecule has 0 aromatic heterocycles. The zero-order chi connectivity index (χ0) is 34.4. The maximum atomic E-state index is 8.91. The third kappa shape index (κ3) is 2.73. The molecule has 0 atom stereocenters. The molecule has 0 spiro atoms. The first-order chi connectivity index (χ1) is 20.7. The van der Waals surface area contributed by atoms with Gasteiger partial charge in [-0.2, -0.15) is 0 Å². The molecule has 0 fully saturated rings. The van der Waals surface area contributed by atoms with E-state index in [1.165, 1.54) is 0 Å². The van der Waals surface area contributed by atoms with E-state index in [1.54, 1.807) is 0 Å². The van der Waals surface area contributed by atoms with Gasteiger partial charge in [-0.05, 0) is 20.7 Å². The van der Waals surface area contributed by atoms with Crippen molar-refractivity contribution in [3.05, 3.63) is 121 Å². The van der Waals surface area contributed by atoms with E-state index in [0.29, 0.717) is 0 Å². The van der Waals surface area contributed by atoms with Gasteiger partial charge in [0.15, 0.2) is 8.07 Å². The molecule has 0 saturated heterocycles. The molecule has 0 N–H and O–H groups in total. The van der Waals surface area contributed by atoms with Crippen LogP contribution in [0.1, 0.15) is 27.4 Å². The second-order valence-corrected chi connectivity index (χ2v) is 8.25. The molecule has 25 heavy (non-hydrogen) atoms. The maximum absolute atomic E-state index is 8.91. The molecule has 0 bridgehead atoms. The van der Waals surface area contributed by atoms with Crippen molar-refractivity contribution < 1.29 is 27.4 Å². The van der Waals surface area contributed by atoms with Crippen LogP contribution < -0.4 is 20.7 Å². The quantitative estimate of drug-likeness (QED) is 0.389. The molecule has 0 amide bonds. The highest BCUT2D eigenvalue weighted by molar-refractivity contribution is 7.19. The second kappa shape index (κ2) is 6.92. The van der Waals surface area contributed by atoms with Gasteiger partial charge < -0.3 is 0 Å². The first-order valence-corrected chi connectivity index (χ1v) is 9.00. The average molecular weight is 357 g/mol. The minimum absolute atomic E-state index is 0.941. The van der Waals surface area contributed by atoms with Crippen LogP contribution in [-0.4, -0.2) is 8.07 Å². The van der Waals surface area contributed by atoms with Crippen LogP contribution in [-0.2, 0) is 0 Å². The summed E-state index contributed by atoms with van der Waals surface area (Å²) < 4.78 is 171. The van der Waals surface area contributed by atoms with Gasteiger partial charge in [0, 0.05) is 0 Å². The Labute approximate surface area is 178 Å². The zero-order valence-corrected chi connectivity index (χ0v) is 13.5. The zero-order valence-electron chi connectivity index (χ0n) is 32.5. The number of benzene rings is 4. The first-order valence-electron chi connectivity index (χ1n) is 17.0. The predicted molar refractivity (Wildman–Crippen MR) is 110 cm³/mol. The summed E-state index contributed by atoms with van der Waals surface area (Å²) in [6, 6.07) is -20.8. The fourth-order valence-corrected chi connectivity index (χ4v) is 6.00. The Morgan fingerprint density at radius 1 is 0.360 bits per heavy atom. The van der Waals surface area contributed by atoms with E-state index >= 15 is 0 Å². The molecular weight excluding hydrogens is 316 g/mol. The predicted octanol–water partition coefficient (Wildman–Crippen LogP) is 3.06. The van der Waals surface area contributed by atoms with Crippen LogP contribution in [0.2, 0.25) is 0 Å². The highest BCUT2D eigenvalue weighted by atomic mass is 28.3. The largest absolute Gasteiger partial charge is 0.179 e. The standard InChI is InChI=1S/C24H20Si/c1-5-13-21(14-6-1)25(22-15-7-2-8-16-22,23-17-9-3-10-18-23)24-19-11-4-12-20-24/h1-20H/i1D,2D,3D,4D,5D,6D,7D,8D,9D,10D,11D,12D,13D,14D,15D,16D,17D,18D,19D,20D. The van der Waals surface area contributed by atoms with Crippen molar-refractivity contribution in [2.24, 2.45) is 0 Å². The summed E-state index contributed by atoms with van der Waals surface area (Å²) in [5, 5.41) is -3.76. The van der Waals surface area contributed by atoms with Crippen LogP contribution in [0, 0.1) is 0 Å². The molecule has 0 saturated carbocycles. The van der Waals surface area contributed by atoms with Gasteiger partial charge >= 0.3 is 0 Å². The molecule has 0 unspecified atom stereocenters. The van der Waals surface area contributed by atoms with Crippen molar-refractivity contribution >= 4 is 28.8 Å². The highest BCUT2D eigenvalue weighted by Crippen LogP contribution is 2.09. The Balaban J connectivity index is 2.69. The van der Waals surface area contributed by atoms with Crippen LogP contribution in [0.25, 0.3) is 0 Å². The van der Waals surface area contributed by atoms with Crippen LogP contribution >= 0.6 is 0 Å². The molecule has 0 nitrogen and oxygen atoms in total. The third-order valence-electron chi connectivity index (χ3n) is 3.50. The van der Waals surface area contributed by atoms with Gasteiger partial charge in [-0.15, -0.1) is 0 Å². The highest BCUT2D eigenvalue weighted by Gasteiger charge is 2.40. The summed E-state index contributed by atoms with van der Waals surface area (Å²) in [7, 11) is -5.79. The molecule has 4 rings (SSSR count). The lowest BCUT2D eigenvalue weighted by atomic mass is 10.3. The Morgan fingerprint density at radius 2 is 0.560 bits per heavy atom. The van der Waals surface area contributed by atoms with Crippen LogP contribution in [0.5, 0.6) is 0 Å². The minimum Gasteiger partial charge on any atom is -0.0623 e. The lowest BCUT2D eigenvalue weighted by molar-refractivity contribution is 1.66. The summed E-state index contributed by atoms with van der Waals surface area (Å²) in [5.74, 6) is 0. The normalized spacial score (nSPS) is 22.4. The Bertz CT molecular complexity index is 1570. The molecule has 0 aliphatic rings. The Hall–Kier alpha value is -2.90. The molecule has 0 aliphatic carbocycles.